The number of nitrogens with zero attached hydrogens (tertiary/aromatic N) is 6. The summed E-state index contributed by atoms with van der Waals surface area (Å²) in [7, 11) is 0. The number of aliphatic carboxylic acids is 2. The molecule has 0 bridgehead atoms. The zero-order chi connectivity index (χ0) is 33.9. The highest BCUT2D eigenvalue weighted by atomic mass is 32.2. The quantitative estimate of drug-likeness (QED) is 0.0429. The van der Waals surface area contributed by atoms with Crippen LogP contribution in [0.25, 0.3) is 0 Å². The van der Waals surface area contributed by atoms with Crippen LogP contribution < -0.4 is 32.5 Å². The fourth-order valence-electron chi connectivity index (χ4n) is 4.40. The number of carboxylic acids is 2. The van der Waals surface area contributed by atoms with Crippen molar-refractivity contribution in [2.75, 3.05) is 35.7 Å². The minimum Gasteiger partial charge on any atom is -0.478 e. The average Bonchev–Trinajstić information content (AvgIpc) is 3.54. The molecule has 11 N–H and O–H groups in total. The van der Waals surface area contributed by atoms with Crippen LogP contribution in [0.3, 0.4) is 0 Å². The van der Waals surface area contributed by atoms with Crippen LogP contribution in [-0.4, -0.2) is 106 Å². The van der Waals surface area contributed by atoms with Gasteiger partial charge in [-0.2, -0.15) is 9.36 Å². The summed E-state index contributed by atoms with van der Waals surface area (Å²) in [6, 6.07) is -1.19. The average molecular weight is 683 g/mol. The van der Waals surface area contributed by atoms with Crippen LogP contribution in [0, 0.1) is 0 Å². The van der Waals surface area contributed by atoms with Crippen molar-refractivity contribution in [3.05, 3.63) is 23.3 Å². The molecular weight excluding hydrogens is 650 g/mol. The zero-order valence-corrected chi connectivity index (χ0v) is 26.1. The number of aliphatic hydroxyl groups is 1. The summed E-state index contributed by atoms with van der Waals surface area (Å²) in [5, 5.41) is 37.0. The maximum absolute atomic E-state index is 13.3. The summed E-state index contributed by atoms with van der Waals surface area (Å²) in [6.45, 7) is 2.17. The number of β-lactam (4-membered cyclic amide) rings is 1. The summed E-state index contributed by atoms with van der Waals surface area (Å²) >= 11 is 1.93. The molecule has 3 amide bonds. The molecule has 1 fully saturated rings. The largest absolute Gasteiger partial charge is 0.478 e. The number of nitrogens with one attached hydrogen (secondary N) is 2. The van der Waals surface area contributed by atoms with Crippen molar-refractivity contribution < 1.29 is 48.8 Å². The standard InChI is InChI=1S/C24H31N11O9S2/c1-24(2,22(42)43)44-31-13(17-30-23(27)46-32-17)18(38)29-14-19(39)35-15(21(40)41)10(9-45-20(14)35)7-33-8-11(28-12(37)3-4-25)16(26)34(33)5-6-36/h8,14,20,26,36H,3-7,9,25H2,1-2H3,(H6,27,28,29,30,32,37,38,40,41,42,43)/p+1/b31-13-/t14-,20-/m1/s1. The first-order valence-corrected chi connectivity index (χ1v) is 15.3. The molecule has 20 nitrogen and oxygen atoms in total. The van der Waals surface area contributed by atoms with Gasteiger partial charge in [0, 0.05) is 35.8 Å². The van der Waals surface area contributed by atoms with Crippen LogP contribution in [0.1, 0.15) is 26.1 Å². The number of hydrogen-bond acceptors (Lipinski definition) is 15. The third-order valence-corrected chi connectivity index (χ3v) is 8.62. The molecule has 2 aliphatic rings. The number of carbonyl (C=O) groups excluding carboxylic acids is 3. The van der Waals surface area contributed by atoms with E-state index in [9.17, 15) is 39.3 Å². The number of thioether (sulfide) groups is 1. The van der Waals surface area contributed by atoms with Crippen LogP contribution >= 0.6 is 23.3 Å². The van der Waals surface area contributed by atoms with Gasteiger partial charge in [-0.3, -0.25) is 19.3 Å². The lowest BCUT2D eigenvalue weighted by Crippen LogP contribution is -2.71. The lowest BCUT2D eigenvalue weighted by Gasteiger charge is -2.49. The van der Waals surface area contributed by atoms with Crippen molar-refractivity contribution in [2.45, 2.75) is 50.4 Å². The van der Waals surface area contributed by atoms with E-state index in [4.69, 9.17) is 22.0 Å². The third-order valence-electron chi connectivity index (χ3n) is 6.74. The van der Waals surface area contributed by atoms with Crippen molar-refractivity contribution in [1.82, 2.24) is 24.3 Å². The number of nitrogen functional groups attached to an aromatic ring is 2. The van der Waals surface area contributed by atoms with Gasteiger partial charge in [0.1, 0.15) is 23.7 Å². The Kier molecular flexibility index (Phi) is 10.1. The lowest BCUT2D eigenvalue weighted by molar-refractivity contribution is -0.767. The highest BCUT2D eigenvalue weighted by Crippen LogP contribution is 2.40. The third kappa shape index (κ3) is 6.88. The molecule has 248 valence electrons. The van der Waals surface area contributed by atoms with E-state index in [0.717, 1.165) is 16.4 Å². The first kappa shape index (κ1) is 34.1. The Morgan fingerprint density at radius 2 is 1.98 bits per heavy atom. The first-order chi connectivity index (χ1) is 21.7. The number of carboxylic acid groups (broad SMARTS) is 2. The van der Waals surface area contributed by atoms with E-state index in [0.29, 0.717) is 5.57 Å². The van der Waals surface area contributed by atoms with Crippen molar-refractivity contribution in [3.8, 4) is 0 Å². The molecule has 2 aromatic heterocycles. The molecule has 22 heteroatoms. The molecule has 0 aromatic carbocycles. The molecule has 0 spiro atoms. The molecule has 1 saturated heterocycles. The Labute approximate surface area is 268 Å². The van der Waals surface area contributed by atoms with Crippen LogP contribution in [0.2, 0.25) is 0 Å². The number of nitrogens with two attached hydrogens (primary N) is 3. The van der Waals surface area contributed by atoms with E-state index in [2.05, 4.69) is 25.1 Å². The molecule has 0 aliphatic carbocycles. The van der Waals surface area contributed by atoms with Gasteiger partial charge in [-0.15, -0.1) is 21.1 Å². The first-order valence-electron chi connectivity index (χ1n) is 13.5. The van der Waals surface area contributed by atoms with Gasteiger partial charge in [0.25, 0.3) is 11.8 Å². The molecule has 2 aromatic rings. The van der Waals surface area contributed by atoms with Crippen molar-refractivity contribution in [3.63, 3.8) is 0 Å². The minimum absolute atomic E-state index is 0.0136. The monoisotopic (exact) mass is 682 g/mol. The minimum atomic E-state index is -1.83. The SMILES string of the molecule is CC(C)(O/N=C(\C(=O)N[C@@H]1C(=O)N2C(C(=O)O)=C(C[n+]3cc(NC(=O)CCN)c(N)n3CCO)CS[C@H]12)c1nsc(N)n1)C(=O)O. The fraction of sp³-hybridized carbons (Fsp3) is 0.458. The molecule has 2 atom stereocenters. The molecule has 0 radical (unpaired) electrons. The summed E-state index contributed by atoms with van der Waals surface area (Å²) in [5.74, 6) is -4.90. The molecule has 0 unspecified atom stereocenters. The summed E-state index contributed by atoms with van der Waals surface area (Å²) in [6.07, 6.45) is 1.53. The number of fused-ring (bicyclic) bond motifs is 1. The number of carbonyl (C=O) groups is 5. The highest BCUT2D eigenvalue weighted by Gasteiger charge is 2.55. The number of aromatic nitrogens is 4. The Morgan fingerprint density at radius 1 is 1.26 bits per heavy atom. The fourth-order valence-corrected chi connectivity index (χ4v) is 6.17. The molecule has 0 saturated carbocycles. The van der Waals surface area contributed by atoms with Gasteiger partial charge in [0.15, 0.2) is 23.2 Å². The van der Waals surface area contributed by atoms with Gasteiger partial charge in [0.2, 0.25) is 29.2 Å². The van der Waals surface area contributed by atoms with Crippen molar-refractivity contribution >= 4 is 75.3 Å². The number of rotatable bonds is 14. The molecule has 4 rings (SSSR count). The Bertz CT molecular complexity index is 1630. The maximum atomic E-state index is 13.3. The van der Waals surface area contributed by atoms with Gasteiger partial charge < -0.3 is 48.0 Å². The van der Waals surface area contributed by atoms with E-state index in [-0.39, 0.29) is 72.5 Å². The summed E-state index contributed by atoms with van der Waals surface area (Å²) in [4.78, 5) is 72.6. The van der Waals surface area contributed by atoms with E-state index in [1.165, 1.54) is 41.2 Å². The van der Waals surface area contributed by atoms with Gasteiger partial charge >= 0.3 is 11.9 Å². The van der Waals surface area contributed by atoms with Crippen molar-refractivity contribution in [1.29, 1.82) is 0 Å². The van der Waals surface area contributed by atoms with Crippen LogP contribution in [-0.2, 0) is 41.9 Å². The summed E-state index contributed by atoms with van der Waals surface area (Å²) < 4.78 is 6.88. The van der Waals surface area contributed by atoms with Gasteiger partial charge in [0.05, 0.1) is 6.61 Å². The Hall–Kier alpha value is -4.80. The second-order valence-corrected chi connectivity index (χ2v) is 12.3. The van der Waals surface area contributed by atoms with Crippen molar-refractivity contribution in [2.24, 2.45) is 10.9 Å². The van der Waals surface area contributed by atoms with Crippen LogP contribution in [0.4, 0.5) is 16.6 Å². The lowest BCUT2D eigenvalue weighted by atomic mass is 10.0. The number of aliphatic hydroxyl groups excluding tert-OH is 1. The zero-order valence-electron chi connectivity index (χ0n) is 24.5. The maximum Gasteiger partial charge on any atom is 0.352 e. The second kappa shape index (κ2) is 13.7. The number of hydrogen-bond donors (Lipinski definition) is 8. The molecule has 2 aliphatic heterocycles. The van der Waals surface area contributed by atoms with Crippen LogP contribution in [0.15, 0.2) is 22.6 Å². The number of anilines is 3. The normalized spacial score (nSPS) is 18.1. The molecular formula is C24H32N11O9S2+. The van der Waals surface area contributed by atoms with E-state index >= 15 is 0 Å². The number of oxime groups is 1. The molecule has 46 heavy (non-hydrogen) atoms. The predicted octanol–water partition coefficient (Wildman–Crippen LogP) is -2.91. The topological polar surface area (TPSA) is 308 Å². The number of amides is 3. The second-order valence-electron chi connectivity index (χ2n) is 10.4. The van der Waals surface area contributed by atoms with Gasteiger partial charge in [-0.05, 0) is 13.8 Å². The van der Waals surface area contributed by atoms with Gasteiger partial charge in [-0.1, -0.05) is 5.16 Å². The van der Waals surface area contributed by atoms with E-state index in [1.54, 1.807) is 0 Å². The highest BCUT2D eigenvalue weighted by molar-refractivity contribution is 8.00. The smallest absolute Gasteiger partial charge is 0.352 e. The van der Waals surface area contributed by atoms with Crippen LogP contribution in [0.5, 0.6) is 0 Å². The molecule has 4 heterocycles. The van der Waals surface area contributed by atoms with E-state index in [1.807, 2.05) is 0 Å². The van der Waals surface area contributed by atoms with E-state index < -0.39 is 46.5 Å². The Morgan fingerprint density at radius 3 is 2.57 bits per heavy atom. The predicted molar refractivity (Wildman–Crippen MR) is 162 cm³/mol. The summed E-state index contributed by atoms with van der Waals surface area (Å²) in [5.41, 5.74) is 15.1. The van der Waals surface area contributed by atoms with Gasteiger partial charge in [-0.25, -0.2) is 9.59 Å². The Balaban J connectivity index is 1.58.